The predicted octanol–water partition coefficient (Wildman–Crippen LogP) is 3.42. The number of sulfonamides is 1. The SMILES string of the molecule is O=C(Cc1nsc(NS(=O)(=O)c2c(Cl)cc(Cl)cc2Cl)n1)N1CCSCC1. The second-order valence-corrected chi connectivity index (χ2v) is 10.3. The Bertz CT molecular complexity index is 939. The predicted molar refractivity (Wildman–Crippen MR) is 110 cm³/mol. The fourth-order valence-electron chi connectivity index (χ4n) is 2.38. The largest absolute Gasteiger partial charge is 0.341 e. The van der Waals surface area contributed by atoms with Gasteiger partial charge in [0, 0.05) is 41.2 Å². The molecule has 1 aromatic carbocycles. The minimum Gasteiger partial charge on any atom is -0.341 e. The van der Waals surface area contributed by atoms with Crippen molar-refractivity contribution >= 4 is 79.2 Å². The fourth-order valence-corrected chi connectivity index (χ4v) is 6.64. The molecule has 3 rings (SSSR count). The maximum atomic E-state index is 12.6. The fraction of sp³-hybridized carbons (Fsp3) is 0.357. The molecule has 2 aromatic rings. The van der Waals surface area contributed by atoms with Crippen LogP contribution in [-0.2, 0) is 21.2 Å². The van der Waals surface area contributed by atoms with Gasteiger partial charge in [-0.05, 0) is 12.1 Å². The lowest BCUT2D eigenvalue weighted by Gasteiger charge is -2.25. The summed E-state index contributed by atoms with van der Waals surface area (Å²) in [7, 11) is -4.09. The molecule has 1 aliphatic heterocycles. The van der Waals surface area contributed by atoms with E-state index < -0.39 is 10.0 Å². The minimum atomic E-state index is -4.09. The molecule has 1 fully saturated rings. The maximum absolute atomic E-state index is 12.6. The number of hydrogen-bond donors (Lipinski definition) is 1. The molecular formula is C14H13Cl3N4O3S3. The summed E-state index contributed by atoms with van der Waals surface area (Å²) in [5, 5.41) is 0.0247. The van der Waals surface area contributed by atoms with Crippen LogP contribution in [0.25, 0.3) is 0 Å². The van der Waals surface area contributed by atoms with Gasteiger partial charge in [-0.15, -0.1) is 0 Å². The second-order valence-electron chi connectivity index (χ2n) is 5.49. The molecule has 1 aromatic heterocycles. The molecule has 2 heterocycles. The molecule has 0 aliphatic carbocycles. The molecule has 0 saturated carbocycles. The lowest BCUT2D eigenvalue weighted by Crippen LogP contribution is -2.38. The van der Waals surface area contributed by atoms with Crippen molar-refractivity contribution in [1.82, 2.24) is 14.3 Å². The van der Waals surface area contributed by atoms with E-state index >= 15 is 0 Å². The van der Waals surface area contributed by atoms with E-state index in [1.165, 1.54) is 12.1 Å². The van der Waals surface area contributed by atoms with Crippen LogP contribution in [0.3, 0.4) is 0 Å². The summed E-state index contributed by atoms with van der Waals surface area (Å²) in [5.74, 6) is 1.99. The van der Waals surface area contributed by atoms with Gasteiger partial charge in [0.2, 0.25) is 11.0 Å². The Labute approximate surface area is 179 Å². The van der Waals surface area contributed by atoms with Crippen molar-refractivity contribution in [2.45, 2.75) is 11.3 Å². The van der Waals surface area contributed by atoms with Gasteiger partial charge in [-0.25, -0.2) is 13.4 Å². The van der Waals surface area contributed by atoms with Crippen molar-refractivity contribution in [2.75, 3.05) is 29.3 Å². The highest BCUT2D eigenvalue weighted by Crippen LogP contribution is 2.34. The van der Waals surface area contributed by atoms with Crippen LogP contribution in [-0.4, -0.2) is 53.2 Å². The number of amides is 1. The highest BCUT2D eigenvalue weighted by atomic mass is 35.5. The van der Waals surface area contributed by atoms with Crippen LogP contribution in [0.5, 0.6) is 0 Å². The molecular weight excluding hydrogens is 475 g/mol. The smallest absolute Gasteiger partial charge is 0.266 e. The monoisotopic (exact) mass is 486 g/mol. The number of nitrogens with one attached hydrogen (secondary N) is 1. The van der Waals surface area contributed by atoms with Crippen molar-refractivity contribution in [3.05, 3.63) is 33.0 Å². The zero-order valence-corrected chi connectivity index (χ0v) is 18.3. The molecule has 13 heteroatoms. The Hall–Kier alpha value is -0.780. The second kappa shape index (κ2) is 8.71. The van der Waals surface area contributed by atoms with E-state index in [-0.39, 0.29) is 43.2 Å². The number of hydrogen-bond acceptors (Lipinski definition) is 7. The number of carbonyl (C=O) groups excluding carboxylic acids is 1. The molecule has 146 valence electrons. The quantitative estimate of drug-likeness (QED) is 0.695. The van der Waals surface area contributed by atoms with Crippen LogP contribution >= 0.6 is 58.1 Å². The molecule has 1 amide bonds. The van der Waals surface area contributed by atoms with Gasteiger partial charge in [0.1, 0.15) is 4.90 Å². The maximum Gasteiger partial charge on any atom is 0.266 e. The average molecular weight is 488 g/mol. The van der Waals surface area contributed by atoms with E-state index in [0.29, 0.717) is 13.1 Å². The molecule has 1 N–H and O–H groups in total. The number of nitrogens with zero attached hydrogens (tertiary/aromatic N) is 3. The molecule has 27 heavy (non-hydrogen) atoms. The summed E-state index contributed by atoms with van der Waals surface area (Å²) >= 11 is 20.4. The van der Waals surface area contributed by atoms with Crippen LogP contribution in [0.1, 0.15) is 5.82 Å². The van der Waals surface area contributed by atoms with Crippen molar-refractivity contribution in [2.24, 2.45) is 0 Å². The third-order valence-corrected chi connectivity index (χ3v) is 7.81. The summed E-state index contributed by atoms with van der Waals surface area (Å²) in [5.41, 5.74) is 0. The van der Waals surface area contributed by atoms with Gasteiger partial charge >= 0.3 is 0 Å². The number of thioether (sulfide) groups is 1. The molecule has 0 bridgehead atoms. The zero-order chi connectivity index (χ0) is 19.6. The topological polar surface area (TPSA) is 92.3 Å². The van der Waals surface area contributed by atoms with Crippen molar-refractivity contribution in [3.63, 3.8) is 0 Å². The van der Waals surface area contributed by atoms with Crippen molar-refractivity contribution in [3.8, 4) is 0 Å². The van der Waals surface area contributed by atoms with E-state index in [1.807, 2.05) is 0 Å². The number of anilines is 1. The van der Waals surface area contributed by atoms with Crippen LogP contribution < -0.4 is 4.72 Å². The van der Waals surface area contributed by atoms with Gasteiger partial charge in [0.15, 0.2) is 5.82 Å². The van der Waals surface area contributed by atoms with Crippen molar-refractivity contribution in [1.29, 1.82) is 0 Å². The molecule has 0 spiro atoms. The van der Waals surface area contributed by atoms with Crippen molar-refractivity contribution < 1.29 is 13.2 Å². The lowest BCUT2D eigenvalue weighted by atomic mass is 10.3. The highest BCUT2D eigenvalue weighted by Gasteiger charge is 2.25. The van der Waals surface area contributed by atoms with Gasteiger partial charge in [-0.1, -0.05) is 34.8 Å². The lowest BCUT2D eigenvalue weighted by molar-refractivity contribution is -0.130. The highest BCUT2D eigenvalue weighted by molar-refractivity contribution is 7.99. The molecule has 1 saturated heterocycles. The summed E-state index contributed by atoms with van der Waals surface area (Å²) in [6.07, 6.45) is 0.0192. The van der Waals surface area contributed by atoms with Gasteiger partial charge < -0.3 is 4.90 Å². The zero-order valence-electron chi connectivity index (χ0n) is 13.6. The Morgan fingerprint density at radius 3 is 2.44 bits per heavy atom. The Morgan fingerprint density at radius 1 is 1.19 bits per heavy atom. The van der Waals surface area contributed by atoms with Crippen LogP contribution in [0.2, 0.25) is 15.1 Å². The van der Waals surface area contributed by atoms with Gasteiger partial charge in [0.05, 0.1) is 16.5 Å². The third kappa shape index (κ3) is 5.18. The van der Waals surface area contributed by atoms with Gasteiger partial charge in [-0.3, -0.25) is 9.52 Å². The van der Waals surface area contributed by atoms with Crippen LogP contribution in [0, 0.1) is 0 Å². The first-order chi connectivity index (χ1) is 12.8. The van der Waals surface area contributed by atoms with E-state index in [4.69, 9.17) is 34.8 Å². The summed E-state index contributed by atoms with van der Waals surface area (Å²) in [6, 6.07) is 2.56. The number of benzene rings is 1. The molecule has 1 aliphatic rings. The standard InChI is InChI=1S/C14H13Cl3N4O3S3/c15-8-5-9(16)13(10(17)6-8)27(23,24)20-14-18-11(19-26-14)7-12(22)21-1-3-25-4-2-21/h5-6H,1-4,7H2,(H,18,19,20). The van der Waals surface area contributed by atoms with Crippen LogP contribution in [0.15, 0.2) is 17.0 Å². The number of carbonyl (C=O) groups is 1. The summed E-state index contributed by atoms with van der Waals surface area (Å²) < 4.78 is 31.5. The number of aromatic nitrogens is 2. The average Bonchev–Trinajstić information content (AvgIpc) is 3.00. The van der Waals surface area contributed by atoms with E-state index in [0.717, 1.165) is 23.0 Å². The molecule has 0 unspecified atom stereocenters. The van der Waals surface area contributed by atoms with E-state index in [1.54, 1.807) is 16.7 Å². The molecule has 0 atom stereocenters. The Morgan fingerprint density at radius 2 is 1.81 bits per heavy atom. The van der Waals surface area contributed by atoms with Crippen LogP contribution in [0.4, 0.5) is 5.13 Å². The molecule has 7 nitrogen and oxygen atoms in total. The number of rotatable bonds is 5. The van der Waals surface area contributed by atoms with E-state index in [9.17, 15) is 13.2 Å². The minimum absolute atomic E-state index is 0.0192. The molecule has 0 radical (unpaired) electrons. The van der Waals surface area contributed by atoms with Gasteiger partial charge in [-0.2, -0.15) is 16.1 Å². The first kappa shape index (κ1) is 20.9. The Kier molecular flexibility index (Phi) is 6.75. The number of halogens is 3. The first-order valence-electron chi connectivity index (χ1n) is 7.62. The summed E-state index contributed by atoms with van der Waals surface area (Å²) in [4.78, 5) is 17.8. The normalized spacial score (nSPS) is 15.0. The van der Waals surface area contributed by atoms with Gasteiger partial charge in [0.25, 0.3) is 10.0 Å². The van der Waals surface area contributed by atoms with E-state index in [2.05, 4.69) is 14.1 Å². The first-order valence-corrected chi connectivity index (χ1v) is 12.2. The summed E-state index contributed by atoms with van der Waals surface area (Å²) in [6.45, 7) is 1.39. The Balaban J connectivity index is 1.72. The third-order valence-electron chi connectivity index (χ3n) is 3.59.